The minimum Gasteiger partial charge on any atom is -0.497 e. The summed E-state index contributed by atoms with van der Waals surface area (Å²) in [5.74, 6) is -3.30. The van der Waals surface area contributed by atoms with Crippen LogP contribution < -0.4 is 9.47 Å². The zero-order chi connectivity index (χ0) is 25.8. The molecule has 6 nitrogen and oxygen atoms in total. The molecule has 0 aliphatic rings. The number of hydrogen-bond donors (Lipinski definition) is 0. The number of hydrogen-bond acceptors (Lipinski definition) is 6. The van der Waals surface area contributed by atoms with E-state index in [1.165, 1.54) is 32.4 Å². The molecule has 2 rings (SSSR count). The van der Waals surface area contributed by atoms with Crippen LogP contribution in [0.5, 0.6) is 11.5 Å². The van der Waals surface area contributed by atoms with Gasteiger partial charge in [-0.05, 0) is 30.3 Å². The molecule has 12 heteroatoms. The summed E-state index contributed by atoms with van der Waals surface area (Å²) in [4.78, 5) is 23.6. The third kappa shape index (κ3) is 6.65. The molecule has 0 aliphatic carbocycles. The van der Waals surface area contributed by atoms with E-state index in [9.17, 15) is 35.9 Å². The lowest BCUT2D eigenvalue weighted by Crippen LogP contribution is -2.13. The first-order valence-electron chi connectivity index (χ1n) is 9.30. The van der Waals surface area contributed by atoms with Gasteiger partial charge >= 0.3 is 24.3 Å². The van der Waals surface area contributed by atoms with Gasteiger partial charge in [0, 0.05) is 31.0 Å². The molecular formula is C22H18F6O6. The molecule has 34 heavy (non-hydrogen) atoms. The van der Waals surface area contributed by atoms with Crippen molar-refractivity contribution in [1.82, 2.24) is 0 Å². The Balaban J connectivity index is 3.00. The summed E-state index contributed by atoms with van der Waals surface area (Å²) < 4.78 is 101. The number of benzene rings is 2. The molecule has 0 bridgehead atoms. The highest BCUT2D eigenvalue weighted by molar-refractivity contribution is 5.93. The van der Waals surface area contributed by atoms with Crippen LogP contribution in [-0.2, 0) is 31.4 Å². The highest BCUT2D eigenvalue weighted by Gasteiger charge is 2.38. The lowest BCUT2D eigenvalue weighted by atomic mass is 10.0. The lowest BCUT2D eigenvalue weighted by molar-refractivity contribution is -0.143. The van der Waals surface area contributed by atoms with Crippen molar-refractivity contribution in [2.45, 2.75) is 26.2 Å². The van der Waals surface area contributed by atoms with Gasteiger partial charge in [-0.15, -0.1) is 0 Å². The van der Waals surface area contributed by atoms with Gasteiger partial charge in [0.2, 0.25) is 0 Å². The van der Waals surface area contributed by atoms with Crippen molar-refractivity contribution >= 4 is 23.5 Å². The molecule has 0 amide bonds. The van der Waals surface area contributed by atoms with Crippen molar-refractivity contribution in [3.8, 4) is 11.5 Å². The maximum absolute atomic E-state index is 13.4. The number of halogens is 6. The summed E-state index contributed by atoms with van der Waals surface area (Å²) in [5, 5.41) is 0. The number of esters is 2. The molecule has 0 spiro atoms. The van der Waals surface area contributed by atoms with Crippen LogP contribution in [0.3, 0.4) is 0 Å². The highest BCUT2D eigenvalue weighted by Crippen LogP contribution is 2.40. The molecule has 0 aromatic heterocycles. The minimum absolute atomic E-state index is 0.0883. The van der Waals surface area contributed by atoms with Crippen molar-refractivity contribution in [1.29, 1.82) is 0 Å². The number of ether oxygens (including phenoxy) is 4. The molecule has 0 N–H and O–H groups in total. The number of rotatable bonds is 6. The Morgan fingerprint density at radius 2 is 0.971 bits per heavy atom. The Hall–Kier alpha value is -3.70. The maximum Gasteiger partial charge on any atom is 0.416 e. The first-order chi connectivity index (χ1) is 15.6. The molecule has 184 valence electrons. The van der Waals surface area contributed by atoms with Crippen molar-refractivity contribution in [3.05, 3.63) is 58.7 Å². The molecular weight excluding hydrogens is 474 g/mol. The molecule has 0 fully saturated rings. The third-order valence-corrected chi connectivity index (χ3v) is 4.16. The first-order valence-corrected chi connectivity index (χ1v) is 9.30. The van der Waals surface area contributed by atoms with E-state index in [1.54, 1.807) is 0 Å². The Morgan fingerprint density at radius 1 is 0.618 bits per heavy atom. The molecule has 0 heterocycles. The predicted molar refractivity (Wildman–Crippen MR) is 106 cm³/mol. The average Bonchev–Trinajstić information content (AvgIpc) is 2.73. The Kier molecular flexibility index (Phi) is 7.86. The zero-order valence-electron chi connectivity index (χ0n) is 18.2. The largest absolute Gasteiger partial charge is 0.497 e. The first kappa shape index (κ1) is 26.6. The fourth-order valence-electron chi connectivity index (χ4n) is 2.78. The summed E-state index contributed by atoms with van der Waals surface area (Å²) in [6, 6.07) is 4.51. The zero-order valence-corrected chi connectivity index (χ0v) is 18.2. The van der Waals surface area contributed by atoms with Gasteiger partial charge in [-0.2, -0.15) is 26.3 Å². The monoisotopic (exact) mass is 492 g/mol. The van der Waals surface area contributed by atoms with Gasteiger partial charge in [0.15, 0.2) is 11.5 Å². The van der Waals surface area contributed by atoms with E-state index in [0.29, 0.717) is 12.1 Å². The molecule has 0 unspecified atom stereocenters. The van der Waals surface area contributed by atoms with E-state index in [4.69, 9.17) is 18.9 Å². The average molecular weight is 492 g/mol. The molecule has 0 aliphatic heterocycles. The second-order valence-corrected chi connectivity index (χ2v) is 6.74. The Morgan fingerprint density at radius 3 is 1.26 bits per heavy atom. The highest BCUT2D eigenvalue weighted by atomic mass is 19.4. The second kappa shape index (κ2) is 10.1. The molecule has 0 saturated carbocycles. The van der Waals surface area contributed by atoms with E-state index < -0.39 is 52.5 Å². The van der Waals surface area contributed by atoms with E-state index in [1.807, 2.05) is 0 Å². The van der Waals surface area contributed by atoms with Gasteiger partial charge in [0.05, 0.1) is 25.3 Å². The third-order valence-electron chi connectivity index (χ3n) is 4.16. The molecule has 0 radical (unpaired) electrons. The number of carbonyl (C=O) groups excluding carboxylic acids is 2. The van der Waals surface area contributed by atoms with Crippen LogP contribution in [0.15, 0.2) is 36.4 Å². The number of carbonyl (C=O) groups is 2. The molecule has 2 aromatic carbocycles. The SMILES string of the molecule is COc1cc(OC)cc(/C(OC(C)=O)=C(\OC(C)=O)c2cc(C(F)(F)F)cc(C(F)(F)F)c2)c1. The summed E-state index contributed by atoms with van der Waals surface area (Å²) in [6.07, 6.45) is -10.3. The molecule has 0 atom stereocenters. The summed E-state index contributed by atoms with van der Waals surface area (Å²) in [6.45, 7) is 1.81. The summed E-state index contributed by atoms with van der Waals surface area (Å²) >= 11 is 0. The smallest absolute Gasteiger partial charge is 0.416 e. The molecule has 2 aromatic rings. The van der Waals surface area contributed by atoms with Crippen LogP contribution in [0.4, 0.5) is 26.3 Å². The van der Waals surface area contributed by atoms with Gasteiger partial charge in [-0.25, -0.2) is 0 Å². The van der Waals surface area contributed by atoms with Crippen LogP contribution in [0.1, 0.15) is 36.1 Å². The standard InChI is InChI=1S/C22H18F6O6/c1-11(29)33-19(13-5-15(21(23,24)25)9-16(6-13)22(26,27)28)20(34-12(2)30)14-7-17(31-3)10-18(8-14)32-4/h5-10H,1-4H3/b20-19+. The number of alkyl halides is 6. The van der Waals surface area contributed by atoms with Crippen molar-refractivity contribution in [2.75, 3.05) is 14.2 Å². The Labute approximate surface area is 189 Å². The van der Waals surface area contributed by atoms with Gasteiger partial charge in [0.1, 0.15) is 11.5 Å². The second-order valence-electron chi connectivity index (χ2n) is 6.74. The van der Waals surface area contributed by atoms with E-state index >= 15 is 0 Å². The van der Waals surface area contributed by atoms with Gasteiger partial charge in [0.25, 0.3) is 0 Å². The van der Waals surface area contributed by atoms with Gasteiger partial charge in [-0.1, -0.05) is 0 Å². The van der Waals surface area contributed by atoms with Crippen molar-refractivity contribution in [2.24, 2.45) is 0 Å². The lowest BCUT2D eigenvalue weighted by Gasteiger charge is -2.19. The normalized spacial score (nSPS) is 12.5. The van der Waals surface area contributed by atoms with Crippen LogP contribution >= 0.6 is 0 Å². The molecule has 0 saturated heterocycles. The topological polar surface area (TPSA) is 71.1 Å². The van der Waals surface area contributed by atoms with Crippen LogP contribution in [0.25, 0.3) is 11.5 Å². The quantitative estimate of drug-likeness (QED) is 0.223. The maximum atomic E-state index is 13.4. The Bertz CT molecular complexity index is 1060. The van der Waals surface area contributed by atoms with Crippen LogP contribution in [0, 0.1) is 0 Å². The summed E-state index contributed by atoms with van der Waals surface area (Å²) in [5.41, 5.74) is -4.22. The van der Waals surface area contributed by atoms with Gasteiger partial charge < -0.3 is 18.9 Å². The van der Waals surface area contributed by atoms with Crippen LogP contribution in [-0.4, -0.2) is 26.2 Å². The fraction of sp³-hybridized carbons (Fsp3) is 0.273. The summed E-state index contributed by atoms with van der Waals surface area (Å²) in [7, 11) is 2.56. The van der Waals surface area contributed by atoms with Crippen molar-refractivity contribution in [3.63, 3.8) is 0 Å². The van der Waals surface area contributed by atoms with E-state index in [-0.39, 0.29) is 23.1 Å². The van der Waals surface area contributed by atoms with Crippen LogP contribution in [0.2, 0.25) is 0 Å². The fourth-order valence-corrected chi connectivity index (χ4v) is 2.78. The van der Waals surface area contributed by atoms with E-state index in [2.05, 4.69) is 0 Å². The van der Waals surface area contributed by atoms with Crippen molar-refractivity contribution < 1.29 is 54.9 Å². The predicted octanol–water partition coefficient (Wildman–Crippen LogP) is 5.69. The number of methoxy groups -OCH3 is 2. The van der Waals surface area contributed by atoms with E-state index in [0.717, 1.165) is 13.8 Å². The minimum atomic E-state index is -5.17. The van der Waals surface area contributed by atoms with Gasteiger partial charge in [-0.3, -0.25) is 9.59 Å².